The Morgan fingerprint density at radius 2 is 2.05 bits per heavy atom. The third-order valence-electron chi connectivity index (χ3n) is 4.54. The maximum atomic E-state index is 11.8. The highest BCUT2D eigenvalue weighted by atomic mass is 16.4. The second-order valence-electron chi connectivity index (χ2n) is 6.03. The molecule has 0 radical (unpaired) electrons. The van der Waals surface area contributed by atoms with Crippen molar-refractivity contribution in [2.45, 2.75) is 50.6 Å². The molecule has 1 saturated heterocycles. The number of nitrogens with one attached hydrogen (secondary N) is 2. The SMILES string of the molecule is CN1CCCCC1CNC(=O)N[C@H]1CC[C@@H](C(=O)O)C1. The second-order valence-corrected chi connectivity index (χ2v) is 6.03. The molecule has 1 heterocycles. The lowest BCUT2D eigenvalue weighted by Gasteiger charge is -2.32. The Bertz CT molecular complexity index is 362. The fourth-order valence-electron chi connectivity index (χ4n) is 3.19. The normalized spacial score (nSPS) is 30.9. The van der Waals surface area contributed by atoms with Crippen LogP contribution in [0.25, 0.3) is 0 Å². The molecular weight excluding hydrogens is 258 g/mol. The van der Waals surface area contributed by atoms with E-state index in [1.54, 1.807) is 0 Å². The lowest BCUT2D eigenvalue weighted by Crippen LogP contribution is -2.48. The Balaban J connectivity index is 1.67. The first kappa shape index (κ1) is 15.1. The lowest BCUT2D eigenvalue weighted by molar-refractivity contribution is -0.141. The molecule has 1 aliphatic carbocycles. The first-order valence-electron chi connectivity index (χ1n) is 7.53. The van der Waals surface area contributed by atoms with Crippen LogP contribution in [-0.2, 0) is 4.79 Å². The molecule has 20 heavy (non-hydrogen) atoms. The molecule has 2 aliphatic rings. The van der Waals surface area contributed by atoms with Crippen LogP contribution in [0.2, 0.25) is 0 Å². The number of nitrogens with zero attached hydrogens (tertiary/aromatic N) is 1. The van der Waals surface area contributed by atoms with Gasteiger partial charge in [0.1, 0.15) is 0 Å². The number of carbonyl (C=O) groups excluding carboxylic acids is 1. The number of amides is 2. The van der Waals surface area contributed by atoms with Crippen LogP contribution in [0.5, 0.6) is 0 Å². The van der Waals surface area contributed by atoms with Crippen LogP contribution in [0.3, 0.4) is 0 Å². The van der Waals surface area contributed by atoms with Crippen molar-refractivity contribution in [1.82, 2.24) is 15.5 Å². The summed E-state index contributed by atoms with van der Waals surface area (Å²) >= 11 is 0. The monoisotopic (exact) mass is 283 g/mol. The fraction of sp³-hybridized carbons (Fsp3) is 0.857. The first-order chi connectivity index (χ1) is 9.56. The van der Waals surface area contributed by atoms with E-state index in [0.29, 0.717) is 25.4 Å². The molecule has 2 rings (SSSR count). The van der Waals surface area contributed by atoms with E-state index in [9.17, 15) is 9.59 Å². The van der Waals surface area contributed by atoms with Crippen molar-refractivity contribution in [2.75, 3.05) is 20.1 Å². The summed E-state index contributed by atoms with van der Waals surface area (Å²) in [6, 6.07) is 0.255. The lowest BCUT2D eigenvalue weighted by atomic mass is 10.0. The molecule has 0 spiro atoms. The summed E-state index contributed by atoms with van der Waals surface area (Å²) in [5.74, 6) is -1.05. The molecule has 0 bridgehead atoms. The summed E-state index contributed by atoms with van der Waals surface area (Å²) in [6.45, 7) is 1.76. The van der Waals surface area contributed by atoms with Gasteiger partial charge in [-0.2, -0.15) is 0 Å². The van der Waals surface area contributed by atoms with Crippen molar-refractivity contribution in [3.8, 4) is 0 Å². The van der Waals surface area contributed by atoms with E-state index >= 15 is 0 Å². The first-order valence-corrected chi connectivity index (χ1v) is 7.53. The second kappa shape index (κ2) is 6.92. The minimum absolute atomic E-state index is 0.000172. The number of carbonyl (C=O) groups is 2. The number of likely N-dealkylation sites (N-methyl/N-ethyl adjacent to an activating group) is 1. The number of likely N-dealkylation sites (tertiary alicyclic amines) is 1. The van der Waals surface area contributed by atoms with Gasteiger partial charge in [-0.05, 0) is 45.7 Å². The number of hydrogen-bond acceptors (Lipinski definition) is 3. The van der Waals surface area contributed by atoms with Crippen LogP contribution in [0.1, 0.15) is 38.5 Å². The maximum Gasteiger partial charge on any atom is 0.315 e. The summed E-state index contributed by atoms with van der Waals surface area (Å²) in [7, 11) is 2.10. The molecule has 0 aromatic rings. The number of rotatable bonds is 4. The fourth-order valence-corrected chi connectivity index (χ4v) is 3.19. The number of carboxylic acid groups (broad SMARTS) is 1. The predicted molar refractivity (Wildman–Crippen MR) is 75.6 cm³/mol. The van der Waals surface area contributed by atoms with E-state index in [4.69, 9.17) is 5.11 Å². The average molecular weight is 283 g/mol. The Kier molecular flexibility index (Phi) is 5.23. The van der Waals surface area contributed by atoms with E-state index in [0.717, 1.165) is 19.4 Å². The Labute approximate surface area is 119 Å². The van der Waals surface area contributed by atoms with Gasteiger partial charge in [0.25, 0.3) is 0 Å². The molecule has 0 aromatic carbocycles. The number of carboxylic acids is 1. The van der Waals surface area contributed by atoms with E-state index in [-0.39, 0.29) is 18.0 Å². The molecule has 2 fully saturated rings. The van der Waals surface area contributed by atoms with Gasteiger partial charge in [0.2, 0.25) is 0 Å². The van der Waals surface area contributed by atoms with Gasteiger partial charge in [-0.15, -0.1) is 0 Å². The van der Waals surface area contributed by atoms with Crippen molar-refractivity contribution >= 4 is 12.0 Å². The molecule has 6 heteroatoms. The number of urea groups is 1. The van der Waals surface area contributed by atoms with E-state index in [2.05, 4.69) is 22.6 Å². The van der Waals surface area contributed by atoms with Crippen molar-refractivity contribution in [1.29, 1.82) is 0 Å². The van der Waals surface area contributed by atoms with Crippen LogP contribution in [0.15, 0.2) is 0 Å². The molecule has 1 aliphatic heterocycles. The summed E-state index contributed by atoms with van der Waals surface area (Å²) in [4.78, 5) is 25.0. The number of aliphatic carboxylic acids is 1. The zero-order valence-corrected chi connectivity index (χ0v) is 12.1. The number of piperidine rings is 1. The van der Waals surface area contributed by atoms with Gasteiger partial charge in [0.15, 0.2) is 0 Å². The van der Waals surface area contributed by atoms with Gasteiger partial charge in [-0.1, -0.05) is 6.42 Å². The quantitative estimate of drug-likeness (QED) is 0.719. The van der Waals surface area contributed by atoms with Gasteiger partial charge < -0.3 is 20.6 Å². The van der Waals surface area contributed by atoms with E-state index in [1.807, 2.05) is 0 Å². The Morgan fingerprint density at radius 1 is 1.25 bits per heavy atom. The standard InChI is InChI=1S/C14H25N3O3/c1-17-7-3-2-4-12(17)9-15-14(20)16-11-6-5-10(8-11)13(18)19/h10-12H,2-9H2,1H3,(H,18,19)(H2,15,16,20)/t10-,11+,12?/m1/s1. The molecule has 1 unspecified atom stereocenters. The summed E-state index contributed by atoms with van der Waals surface area (Å²) in [5.41, 5.74) is 0. The number of hydrogen-bond donors (Lipinski definition) is 3. The molecule has 0 aromatic heterocycles. The van der Waals surface area contributed by atoms with Crippen LogP contribution >= 0.6 is 0 Å². The largest absolute Gasteiger partial charge is 0.481 e. The van der Waals surface area contributed by atoms with E-state index in [1.165, 1.54) is 12.8 Å². The molecule has 114 valence electrons. The molecule has 2 amide bonds. The van der Waals surface area contributed by atoms with Gasteiger partial charge >= 0.3 is 12.0 Å². The highest BCUT2D eigenvalue weighted by molar-refractivity contribution is 5.75. The highest BCUT2D eigenvalue weighted by Gasteiger charge is 2.30. The minimum Gasteiger partial charge on any atom is -0.481 e. The van der Waals surface area contributed by atoms with Crippen LogP contribution in [-0.4, -0.2) is 54.2 Å². The average Bonchev–Trinajstić information content (AvgIpc) is 2.86. The zero-order chi connectivity index (χ0) is 14.5. The van der Waals surface area contributed by atoms with Gasteiger partial charge in [0, 0.05) is 18.6 Å². The molecule has 3 atom stereocenters. The van der Waals surface area contributed by atoms with Gasteiger partial charge in [0.05, 0.1) is 5.92 Å². The molecule has 3 N–H and O–H groups in total. The zero-order valence-electron chi connectivity index (χ0n) is 12.1. The Hall–Kier alpha value is -1.30. The molecule has 6 nitrogen and oxygen atoms in total. The topological polar surface area (TPSA) is 81.7 Å². The highest BCUT2D eigenvalue weighted by Crippen LogP contribution is 2.25. The molecular formula is C14H25N3O3. The van der Waals surface area contributed by atoms with Crippen molar-refractivity contribution in [3.63, 3.8) is 0 Å². The van der Waals surface area contributed by atoms with E-state index < -0.39 is 5.97 Å². The summed E-state index contributed by atoms with van der Waals surface area (Å²) in [6.07, 6.45) is 5.55. The van der Waals surface area contributed by atoms with Crippen LogP contribution < -0.4 is 10.6 Å². The van der Waals surface area contributed by atoms with Crippen molar-refractivity contribution in [2.24, 2.45) is 5.92 Å². The molecule has 1 saturated carbocycles. The smallest absolute Gasteiger partial charge is 0.315 e. The maximum absolute atomic E-state index is 11.8. The predicted octanol–water partition coefficient (Wildman–Crippen LogP) is 1.02. The van der Waals surface area contributed by atoms with Crippen molar-refractivity contribution in [3.05, 3.63) is 0 Å². The third-order valence-corrected chi connectivity index (χ3v) is 4.54. The van der Waals surface area contributed by atoms with Crippen LogP contribution in [0, 0.1) is 5.92 Å². The van der Waals surface area contributed by atoms with Crippen LogP contribution in [0.4, 0.5) is 4.79 Å². The summed E-state index contributed by atoms with van der Waals surface area (Å²) in [5, 5.41) is 14.7. The van der Waals surface area contributed by atoms with Gasteiger partial charge in [-0.25, -0.2) is 4.79 Å². The Morgan fingerprint density at radius 3 is 2.70 bits per heavy atom. The van der Waals surface area contributed by atoms with Crippen molar-refractivity contribution < 1.29 is 14.7 Å². The summed E-state index contributed by atoms with van der Waals surface area (Å²) < 4.78 is 0. The van der Waals surface area contributed by atoms with Gasteiger partial charge in [-0.3, -0.25) is 4.79 Å². The minimum atomic E-state index is -0.751. The third kappa shape index (κ3) is 4.10.